The largest absolute Gasteiger partial charge is 0.472 e. The number of hydrogen-bond donors (Lipinski definition) is 2. The average molecular weight is 1030 g/mol. The van der Waals surface area contributed by atoms with Crippen molar-refractivity contribution in [1.82, 2.24) is 0 Å². The van der Waals surface area contributed by atoms with Crippen LogP contribution in [0.3, 0.4) is 0 Å². The second-order valence-corrected chi connectivity index (χ2v) is 19.8. The van der Waals surface area contributed by atoms with Crippen LogP contribution in [0.25, 0.3) is 0 Å². The molecule has 0 saturated carbocycles. The molecule has 0 radical (unpaired) electrons. The second-order valence-electron chi connectivity index (χ2n) is 18.4. The van der Waals surface area contributed by atoms with Crippen LogP contribution < -0.4 is 0 Å². The molecule has 0 rings (SSSR count). The number of rotatable bonds is 51. The van der Waals surface area contributed by atoms with E-state index in [0.29, 0.717) is 19.3 Å². The van der Waals surface area contributed by atoms with E-state index in [0.717, 1.165) is 141 Å². The molecule has 0 aliphatic carbocycles. The van der Waals surface area contributed by atoms with Crippen LogP contribution in [-0.2, 0) is 42.2 Å². The smallest absolute Gasteiger partial charge is 0.462 e. The molecule has 0 spiro atoms. The quantitative estimate of drug-likeness (QED) is 0.0197. The summed E-state index contributed by atoms with van der Waals surface area (Å²) in [6, 6.07) is 0. The van der Waals surface area contributed by atoms with Gasteiger partial charge in [-0.15, -0.1) is 0 Å². The van der Waals surface area contributed by atoms with Gasteiger partial charge >= 0.3 is 25.7 Å². The number of allylic oxidation sites excluding steroid dienone is 16. The highest BCUT2D eigenvalue weighted by Gasteiger charge is 2.28. The fraction of sp³-hybridized carbons (Fsp3) is 0.683. The zero-order chi connectivity index (χ0) is 52.7. The van der Waals surface area contributed by atoms with Crippen molar-refractivity contribution in [2.45, 2.75) is 238 Å². The number of carbonyl (C=O) groups excluding carboxylic acids is 3. The van der Waals surface area contributed by atoms with Crippen molar-refractivity contribution in [2.75, 3.05) is 26.4 Å². The number of hydrogen-bond acceptors (Lipinski definition) is 10. The highest BCUT2D eigenvalue weighted by atomic mass is 31.2. The first kappa shape index (κ1) is 68.4. The van der Waals surface area contributed by atoms with E-state index in [1.807, 2.05) is 0 Å². The van der Waals surface area contributed by atoms with Gasteiger partial charge in [0.1, 0.15) is 12.7 Å². The van der Waals surface area contributed by atoms with Crippen molar-refractivity contribution in [1.29, 1.82) is 0 Å². The third-order valence-electron chi connectivity index (χ3n) is 11.4. The SMILES string of the molecule is CC/C=C\C/C=C\C/C=C\C/C=C\C/C=C\CCCCCC(=O)OC(COC(=O)CCCCCCC/C=C\C/C=C\CCC)COP(=O)(O)OCC(CO)OC(=O)CCCCCCC/C=C\CCCCCC. The fourth-order valence-corrected chi connectivity index (χ4v) is 7.96. The number of unbranched alkanes of at least 4 members (excludes halogenated alkanes) is 18. The lowest BCUT2D eigenvalue weighted by Gasteiger charge is -2.21. The minimum Gasteiger partial charge on any atom is -0.462 e. The number of aliphatic hydroxyl groups excluding tert-OH is 1. The molecule has 0 bridgehead atoms. The molecule has 12 heteroatoms. The van der Waals surface area contributed by atoms with E-state index in [9.17, 15) is 28.9 Å². The molecule has 0 aromatic heterocycles. The third kappa shape index (κ3) is 51.3. The molecular weight excluding hydrogens is 928 g/mol. The van der Waals surface area contributed by atoms with Crippen molar-refractivity contribution < 1.29 is 52.2 Å². The maximum absolute atomic E-state index is 12.9. The van der Waals surface area contributed by atoms with Crippen molar-refractivity contribution in [3.05, 3.63) is 97.2 Å². The van der Waals surface area contributed by atoms with Crippen LogP contribution in [0.2, 0.25) is 0 Å². The lowest BCUT2D eigenvalue weighted by atomic mass is 10.1. The molecule has 0 amide bonds. The first-order chi connectivity index (χ1) is 35.2. The van der Waals surface area contributed by atoms with Gasteiger partial charge in [0.25, 0.3) is 0 Å². The van der Waals surface area contributed by atoms with E-state index in [1.54, 1.807) is 0 Å². The van der Waals surface area contributed by atoms with Gasteiger partial charge in [-0.25, -0.2) is 4.57 Å². The van der Waals surface area contributed by atoms with Crippen LogP contribution in [0, 0.1) is 0 Å². The normalized spacial score (nSPS) is 14.1. The first-order valence-electron chi connectivity index (χ1n) is 28.1. The highest BCUT2D eigenvalue weighted by Crippen LogP contribution is 2.43. The van der Waals surface area contributed by atoms with Crippen molar-refractivity contribution >= 4 is 25.7 Å². The van der Waals surface area contributed by atoms with Crippen molar-refractivity contribution in [3.63, 3.8) is 0 Å². The lowest BCUT2D eigenvalue weighted by Crippen LogP contribution is -2.30. The Morgan fingerprint density at radius 2 is 0.750 bits per heavy atom. The average Bonchev–Trinajstić information content (AvgIpc) is 3.37. The molecule has 2 N–H and O–H groups in total. The fourth-order valence-electron chi connectivity index (χ4n) is 7.18. The molecular formula is C60H101O11P. The summed E-state index contributed by atoms with van der Waals surface area (Å²) in [6.07, 6.45) is 62.2. The number of phosphoric acid groups is 1. The van der Waals surface area contributed by atoms with E-state index in [-0.39, 0.29) is 25.9 Å². The van der Waals surface area contributed by atoms with Crippen LogP contribution in [-0.4, -0.2) is 66.5 Å². The number of ether oxygens (including phenoxy) is 3. The Kier molecular flexibility index (Phi) is 51.0. The van der Waals surface area contributed by atoms with Gasteiger partial charge < -0.3 is 24.2 Å². The highest BCUT2D eigenvalue weighted by molar-refractivity contribution is 7.47. The van der Waals surface area contributed by atoms with Gasteiger partial charge in [-0.05, 0) is 116 Å². The van der Waals surface area contributed by atoms with E-state index in [4.69, 9.17) is 23.3 Å². The van der Waals surface area contributed by atoms with Crippen LogP contribution >= 0.6 is 7.82 Å². The van der Waals surface area contributed by atoms with Crippen LogP contribution in [0.1, 0.15) is 226 Å². The maximum Gasteiger partial charge on any atom is 0.472 e. The second kappa shape index (κ2) is 53.7. The predicted molar refractivity (Wildman–Crippen MR) is 297 cm³/mol. The molecule has 11 nitrogen and oxygen atoms in total. The van der Waals surface area contributed by atoms with Gasteiger partial charge in [-0.2, -0.15) is 0 Å². The molecule has 72 heavy (non-hydrogen) atoms. The monoisotopic (exact) mass is 1030 g/mol. The van der Waals surface area contributed by atoms with Gasteiger partial charge in [0.15, 0.2) is 6.10 Å². The molecule has 3 unspecified atom stereocenters. The summed E-state index contributed by atoms with van der Waals surface area (Å²) in [6.45, 7) is 4.37. The minimum absolute atomic E-state index is 0.121. The van der Waals surface area contributed by atoms with Crippen LogP contribution in [0.4, 0.5) is 0 Å². The summed E-state index contributed by atoms with van der Waals surface area (Å²) in [4.78, 5) is 48.5. The summed E-state index contributed by atoms with van der Waals surface area (Å²) in [7, 11) is -4.76. The Hall–Kier alpha value is -3.60. The Bertz CT molecular complexity index is 1580. The summed E-state index contributed by atoms with van der Waals surface area (Å²) < 4.78 is 39.4. The van der Waals surface area contributed by atoms with E-state index < -0.39 is 57.8 Å². The van der Waals surface area contributed by atoms with E-state index >= 15 is 0 Å². The number of esters is 3. The molecule has 0 saturated heterocycles. The van der Waals surface area contributed by atoms with E-state index in [2.05, 4.69) is 118 Å². The third-order valence-corrected chi connectivity index (χ3v) is 12.4. The molecule has 412 valence electrons. The van der Waals surface area contributed by atoms with Gasteiger partial charge in [0, 0.05) is 19.3 Å². The Labute approximate surface area is 438 Å². The van der Waals surface area contributed by atoms with Crippen LogP contribution in [0.15, 0.2) is 97.2 Å². The van der Waals surface area contributed by atoms with Gasteiger partial charge in [-0.3, -0.25) is 23.4 Å². The zero-order valence-corrected chi connectivity index (χ0v) is 46.3. The van der Waals surface area contributed by atoms with Crippen LogP contribution in [0.5, 0.6) is 0 Å². The van der Waals surface area contributed by atoms with Crippen molar-refractivity contribution in [2.24, 2.45) is 0 Å². The summed E-state index contributed by atoms with van der Waals surface area (Å²) in [5, 5.41) is 9.80. The van der Waals surface area contributed by atoms with Crippen molar-refractivity contribution in [3.8, 4) is 0 Å². The number of aliphatic hydroxyl groups is 1. The zero-order valence-electron chi connectivity index (χ0n) is 45.4. The first-order valence-corrected chi connectivity index (χ1v) is 29.6. The lowest BCUT2D eigenvalue weighted by molar-refractivity contribution is -0.161. The summed E-state index contributed by atoms with van der Waals surface area (Å²) >= 11 is 0. The molecule has 0 aliphatic rings. The Morgan fingerprint density at radius 1 is 0.403 bits per heavy atom. The number of carbonyl (C=O) groups is 3. The maximum atomic E-state index is 12.9. The molecule has 0 fully saturated rings. The van der Waals surface area contributed by atoms with E-state index in [1.165, 1.54) is 25.7 Å². The summed E-state index contributed by atoms with van der Waals surface area (Å²) in [5.74, 6) is -1.54. The number of phosphoric ester groups is 1. The van der Waals surface area contributed by atoms with Gasteiger partial charge in [-0.1, -0.05) is 189 Å². The summed E-state index contributed by atoms with van der Waals surface area (Å²) in [5.41, 5.74) is 0. The predicted octanol–water partition coefficient (Wildman–Crippen LogP) is 16.5. The molecule has 0 aromatic carbocycles. The molecule has 0 aromatic rings. The topological polar surface area (TPSA) is 155 Å². The Balaban J connectivity index is 4.82. The minimum atomic E-state index is -4.76. The van der Waals surface area contributed by atoms with Gasteiger partial charge in [0.2, 0.25) is 0 Å². The standard InChI is InChI=1S/C60H101O11P/c1-4-7-10-13-16-19-22-25-26-27-28-29-30-33-36-39-42-45-48-51-60(64)71-57(53-67-58(62)49-46-43-40-37-34-31-23-20-17-14-11-8-5-2)55-69-72(65,66)68-54-56(52-61)70-59(63)50-47-44-41-38-35-32-24-21-18-15-12-9-6-3/h7,10-11,14,16,19-21,23-26,28-29,33,36,56-57,61H,4-6,8-9,12-13,15,17-18,22,27,30-32,34-35,37-55H2,1-3H3,(H,65,66)/b10-7-,14-11-,19-16-,23-20-,24-21-,26-25-,29-28-,36-33-. The Morgan fingerprint density at radius 3 is 1.19 bits per heavy atom. The molecule has 0 heterocycles. The van der Waals surface area contributed by atoms with Gasteiger partial charge in [0.05, 0.1) is 19.8 Å². The molecule has 3 atom stereocenters. The molecule has 0 aliphatic heterocycles.